The van der Waals surface area contributed by atoms with Crippen molar-refractivity contribution in [1.82, 2.24) is 0 Å². The molecule has 1 aromatic rings. The first-order valence-corrected chi connectivity index (χ1v) is 8.72. The van der Waals surface area contributed by atoms with Gasteiger partial charge in [0, 0.05) is 10.7 Å². The van der Waals surface area contributed by atoms with Crippen molar-refractivity contribution in [3.63, 3.8) is 0 Å². The van der Waals surface area contributed by atoms with E-state index in [1.54, 1.807) is 13.0 Å². The van der Waals surface area contributed by atoms with Crippen molar-refractivity contribution >= 4 is 19.7 Å². The predicted octanol–water partition coefficient (Wildman–Crippen LogP) is 4.05. The summed E-state index contributed by atoms with van der Waals surface area (Å²) < 4.78 is 28.5. The molecule has 19 heavy (non-hydrogen) atoms. The molecule has 0 atom stereocenters. The third-order valence-corrected chi connectivity index (χ3v) is 4.60. The summed E-state index contributed by atoms with van der Waals surface area (Å²) in [5, 5.41) is 0. The Bertz CT molecular complexity index is 536. The minimum absolute atomic E-state index is 0.154. The average Bonchev–Trinajstić information content (AvgIpc) is 2.27. The van der Waals surface area contributed by atoms with Gasteiger partial charge < -0.3 is 4.74 Å². The van der Waals surface area contributed by atoms with Gasteiger partial charge in [-0.15, -0.1) is 0 Å². The van der Waals surface area contributed by atoms with Crippen LogP contribution in [0.4, 0.5) is 0 Å². The third kappa shape index (κ3) is 4.69. The Hall–Kier alpha value is -0.740. The minimum atomic E-state index is -3.69. The number of halogens is 1. The van der Waals surface area contributed by atoms with E-state index in [1.807, 2.05) is 6.92 Å². The van der Waals surface area contributed by atoms with Crippen LogP contribution >= 0.6 is 10.7 Å². The summed E-state index contributed by atoms with van der Waals surface area (Å²) in [4.78, 5) is 0.154. The van der Waals surface area contributed by atoms with E-state index >= 15 is 0 Å². The predicted molar refractivity (Wildman–Crippen MR) is 78.5 cm³/mol. The van der Waals surface area contributed by atoms with Crippen LogP contribution in [-0.2, 0) is 9.05 Å². The van der Waals surface area contributed by atoms with Crippen LogP contribution in [0.5, 0.6) is 5.75 Å². The molecule has 3 nitrogen and oxygen atoms in total. The molecular weight excluding hydrogens is 284 g/mol. The van der Waals surface area contributed by atoms with Gasteiger partial charge >= 0.3 is 0 Å². The maximum absolute atomic E-state index is 11.4. The topological polar surface area (TPSA) is 43.4 Å². The van der Waals surface area contributed by atoms with Gasteiger partial charge in [0.25, 0.3) is 9.05 Å². The Labute approximate surface area is 120 Å². The lowest BCUT2D eigenvalue weighted by Gasteiger charge is -2.13. The second-order valence-corrected chi connectivity index (χ2v) is 7.67. The number of ether oxygens (including phenoxy) is 1. The van der Waals surface area contributed by atoms with Crippen LogP contribution < -0.4 is 4.74 Å². The van der Waals surface area contributed by atoms with Gasteiger partial charge in [0.2, 0.25) is 0 Å². The fourth-order valence-corrected chi connectivity index (χ4v) is 3.12. The van der Waals surface area contributed by atoms with Gasteiger partial charge in [-0.05, 0) is 55.9 Å². The molecule has 0 aliphatic rings. The Morgan fingerprint density at radius 2 is 1.84 bits per heavy atom. The third-order valence-electron chi connectivity index (χ3n) is 3.13. The number of hydrogen-bond acceptors (Lipinski definition) is 3. The number of rotatable bonds is 6. The molecule has 0 radical (unpaired) electrons. The monoisotopic (exact) mass is 304 g/mol. The molecule has 1 rings (SSSR count). The van der Waals surface area contributed by atoms with Crippen LogP contribution in [0, 0.1) is 19.8 Å². The van der Waals surface area contributed by atoms with Crippen molar-refractivity contribution in [3.8, 4) is 5.75 Å². The normalized spacial score (nSPS) is 11.9. The Morgan fingerprint density at radius 3 is 2.37 bits per heavy atom. The SMILES string of the molecule is Cc1c(OCCCC(C)C)ccc(S(=O)(=O)Cl)c1C. The Balaban J connectivity index is 2.80. The molecule has 0 spiro atoms. The van der Waals surface area contributed by atoms with Crippen LogP contribution in [0.3, 0.4) is 0 Å². The highest BCUT2D eigenvalue weighted by atomic mass is 35.7. The molecule has 0 aromatic heterocycles. The van der Waals surface area contributed by atoms with Gasteiger partial charge in [-0.25, -0.2) is 8.42 Å². The smallest absolute Gasteiger partial charge is 0.261 e. The summed E-state index contributed by atoms with van der Waals surface area (Å²) in [6.07, 6.45) is 2.11. The van der Waals surface area contributed by atoms with Crippen molar-refractivity contribution < 1.29 is 13.2 Å². The van der Waals surface area contributed by atoms with Crippen LogP contribution in [0.2, 0.25) is 0 Å². The first-order chi connectivity index (χ1) is 8.73. The molecular formula is C14H21ClO3S. The van der Waals surface area contributed by atoms with Crippen molar-refractivity contribution in [2.75, 3.05) is 6.61 Å². The quantitative estimate of drug-likeness (QED) is 0.588. The molecule has 0 aliphatic carbocycles. The van der Waals surface area contributed by atoms with Crippen molar-refractivity contribution in [3.05, 3.63) is 23.3 Å². The molecule has 0 unspecified atom stereocenters. The summed E-state index contributed by atoms with van der Waals surface area (Å²) in [5.41, 5.74) is 1.47. The molecule has 0 N–H and O–H groups in total. The fraction of sp³-hybridized carbons (Fsp3) is 0.571. The van der Waals surface area contributed by atoms with Crippen molar-refractivity contribution in [1.29, 1.82) is 0 Å². The summed E-state index contributed by atoms with van der Waals surface area (Å²) in [7, 11) is 1.69. The van der Waals surface area contributed by atoms with Gasteiger partial charge in [-0.1, -0.05) is 13.8 Å². The van der Waals surface area contributed by atoms with Crippen molar-refractivity contribution in [2.24, 2.45) is 5.92 Å². The first kappa shape index (κ1) is 16.3. The van der Waals surface area contributed by atoms with Crippen LogP contribution in [0.15, 0.2) is 17.0 Å². The standard InChI is InChI=1S/C14H21ClO3S/c1-10(2)6-5-9-18-13-7-8-14(19(15,16)17)12(4)11(13)3/h7-8,10H,5-6,9H2,1-4H3. The zero-order valence-corrected chi connectivity index (χ0v) is 13.4. The van der Waals surface area contributed by atoms with E-state index in [0.717, 1.165) is 24.2 Å². The summed E-state index contributed by atoms with van der Waals surface area (Å²) in [5.74, 6) is 1.39. The fourth-order valence-electron chi connectivity index (χ4n) is 1.87. The number of benzene rings is 1. The Morgan fingerprint density at radius 1 is 1.21 bits per heavy atom. The highest BCUT2D eigenvalue weighted by molar-refractivity contribution is 8.13. The largest absolute Gasteiger partial charge is 0.493 e. The maximum atomic E-state index is 11.4. The van der Waals surface area contributed by atoms with E-state index < -0.39 is 9.05 Å². The second kappa shape index (κ2) is 6.62. The van der Waals surface area contributed by atoms with Crippen LogP contribution in [-0.4, -0.2) is 15.0 Å². The van der Waals surface area contributed by atoms with Crippen LogP contribution in [0.25, 0.3) is 0 Å². The first-order valence-electron chi connectivity index (χ1n) is 6.41. The second-order valence-electron chi connectivity index (χ2n) is 5.13. The van der Waals surface area contributed by atoms with Crippen molar-refractivity contribution in [2.45, 2.75) is 45.4 Å². The molecule has 0 fully saturated rings. The van der Waals surface area contributed by atoms with Gasteiger partial charge in [0.05, 0.1) is 11.5 Å². The zero-order chi connectivity index (χ0) is 14.6. The van der Waals surface area contributed by atoms with E-state index in [0.29, 0.717) is 18.1 Å². The molecule has 0 saturated carbocycles. The molecule has 0 heterocycles. The molecule has 1 aromatic carbocycles. The summed E-state index contributed by atoms with van der Waals surface area (Å²) in [6, 6.07) is 3.18. The Kier molecular flexibility index (Phi) is 5.68. The summed E-state index contributed by atoms with van der Waals surface area (Å²) >= 11 is 0. The average molecular weight is 305 g/mol. The molecule has 108 valence electrons. The summed E-state index contributed by atoms with van der Waals surface area (Å²) in [6.45, 7) is 8.58. The molecule has 5 heteroatoms. The molecule has 0 amide bonds. The van der Waals surface area contributed by atoms with E-state index in [1.165, 1.54) is 6.07 Å². The highest BCUT2D eigenvalue weighted by Crippen LogP contribution is 2.29. The highest BCUT2D eigenvalue weighted by Gasteiger charge is 2.16. The van der Waals surface area contributed by atoms with Crippen LogP contribution in [0.1, 0.15) is 37.8 Å². The maximum Gasteiger partial charge on any atom is 0.261 e. The van der Waals surface area contributed by atoms with E-state index in [9.17, 15) is 8.42 Å². The van der Waals surface area contributed by atoms with E-state index in [4.69, 9.17) is 15.4 Å². The zero-order valence-electron chi connectivity index (χ0n) is 11.9. The lowest BCUT2D eigenvalue weighted by atomic mass is 10.1. The van der Waals surface area contributed by atoms with Gasteiger partial charge in [0.1, 0.15) is 5.75 Å². The lowest BCUT2D eigenvalue weighted by molar-refractivity contribution is 0.295. The lowest BCUT2D eigenvalue weighted by Crippen LogP contribution is -2.03. The number of hydrogen-bond donors (Lipinski definition) is 0. The van der Waals surface area contributed by atoms with Gasteiger partial charge in [0.15, 0.2) is 0 Å². The van der Waals surface area contributed by atoms with E-state index in [2.05, 4.69) is 13.8 Å². The molecule has 0 aliphatic heterocycles. The molecule has 0 saturated heterocycles. The van der Waals surface area contributed by atoms with Gasteiger partial charge in [-0.3, -0.25) is 0 Å². The van der Waals surface area contributed by atoms with Gasteiger partial charge in [-0.2, -0.15) is 0 Å². The molecule has 0 bridgehead atoms. The van der Waals surface area contributed by atoms with E-state index in [-0.39, 0.29) is 4.90 Å². The minimum Gasteiger partial charge on any atom is -0.493 e.